The van der Waals surface area contributed by atoms with Crippen molar-refractivity contribution in [3.63, 3.8) is 0 Å². The highest BCUT2D eigenvalue weighted by Gasteiger charge is 2.23. The second kappa shape index (κ2) is 9.24. The molecule has 1 nitrogen and oxygen atoms in total. The van der Waals surface area contributed by atoms with Gasteiger partial charge in [0.15, 0.2) is 9.79 Å². The summed E-state index contributed by atoms with van der Waals surface area (Å²) in [5.41, 5.74) is 2.73. The monoisotopic (exact) mass is 418 g/mol. The first-order chi connectivity index (χ1) is 14.6. The first-order valence-corrected chi connectivity index (χ1v) is 10.8. The fourth-order valence-corrected chi connectivity index (χ4v) is 4.87. The van der Waals surface area contributed by atoms with Crippen molar-refractivity contribution in [2.75, 3.05) is 0 Å². The van der Waals surface area contributed by atoms with Gasteiger partial charge in [-0.1, -0.05) is 72.8 Å². The number of benzene rings is 4. The van der Waals surface area contributed by atoms with Crippen molar-refractivity contribution in [1.29, 1.82) is 0 Å². The summed E-state index contributed by atoms with van der Waals surface area (Å²) in [5.74, 6) is -0.559. The maximum absolute atomic E-state index is 14.2. The van der Waals surface area contributed by atoms with Gasteiger partial charge in [0.25, 0.3) is 0 Å². The molecule has 30 heavy (non-hydrogen) atoms. The zero-order valence-electron chi connectivity index (χ0n) is 16.2. The van der Waals surface area contributed by atoms with Gasteiger partial charge in [0.2, 0.25) is 0 Å². The van der Waals surface area contributed by atoms with E-state index < -0.39 is 11.2 Å². The number of hydrogen-bond acceptors (Lipinski definition) is 1. The van der Waals surface area contributed by atoms with Gasteiger partial charge in [0.05, 0.1) is 0 Å². The number of rotatable bonds is 6. The van der Waals surface area contributed by atoms with Gasteiger partial charge in [-0.05, 0) is 35.4 Å². The van der Waals surface area contributed by atoms with Gasteiger partial charge < -0.3 is 4.55 Å². The van der Waals surface area contributed by atoms with Crippen molar-refractivity contribution >= 4 is 11.2 Å². The molecule has 0 radical (unpaired) electrons. The van der Waals surface area contributed by atoms with Crippen LogP contribution in [0, 0.1) is 11.6 Å². The molecule has 0 saturated carbocycles. The van der Waals surface area contributed by atoms with E-state index in [1.165, 1.54) is 12.1 Å². The minimum Gasteiger partial charge on any atom is -0.606 e. The lowest BCUT2D eigenvalue weighted by Crippen LogP contribution is -2.10. The van der Waals surface area contributed by atoms with Gasteiger partial charge in [-0.3, -0.25) is 0 Å². The Labute approximate surface area is 178 Å². The van der Waals surface area contributed by atoms with Crippen molar-refractivity contribution in [3.8, 4) is 0 Å². The molecule has 4 aromatic carbocycles. The highest BCUT2D eigenvalue weighted by atomic mass is 32.2. The van der Waals surface area contributed by atoms with Crippen LogP contribution in [0.4, 0.5) is 8.78 Å². The predicted molar refractivity (Wildman–Crippen MR) is 116 cm³/mol. The van der Waals surface area contributed by atoms with E-state index in [-0.39, 0.29) is 11.6 Å². The van der Waals surface area contributed by atoms with Gasteiger partial charge in [0, 0.05) is 35.1 Å². The normalized spacial score (nSPS) is 11.1. The lowest BCUT2D eigenvalue weighted by molar-refractivity contribution is 0.591. The van der Waals surface area contributed by atoms with E-state index >= 15 is 0 Å². The Morgan fingerprint density at radius 1 is 0.500 bits per heavy atom. The van der Waals surface area contributed by atoms with E-state index in [2.05, 4.69) is 0 Å². The molecule has 150 valence electrons. The van der Waals surface area contributed by atoms with Gasteiger partial charge in [-0.25, -0.2) is 8.78 Å². The second-order valence-corrected chi connectivity index (χ2v) is 8.44. The van der Waals surface area contributed by atoms with E-state index in [4.69, 9.17) is 0 Å². The largest absolute Gasteiger partial charge is 0.606 e. The molecule has 0 aliphatic heterocycles. The quantitative estimate of drug-likeness (QED) is 0.336. The van der Waals surface area contributed by atoms with E-state index in [9.17, 15) is 13.3 Å². The Bertz CT molecular complexity index is 1070. The molecule has 0 heterocycles. The maximum Gasteiger partial charge on any atom is 0.161 e. The Balaban J connectivity index is 1.69. The van der Waals surface area contributed by atoms with Crippen LogP contribution in [0.25, 0.3) is 0 Å². The molecular formula is C26H20F2OS. The van der Waals surface area contributed by atoms with Crippen molar-refractivity contribution in [3.05, 3.63) is 131 Å². The van der Waals surface area contributed by atoms with Crippen LogP contribution in [0.2, 0.25) is 0 Å². The SMILES string of the molecule is [O-][S+](c1ccccc1Cc1ccccc1F)c1ccccc1Cc1ccccc1F. The minimum absolute atomic E-state index is 0.280. The molecule has 0 amide bonds. The van der Waals surface area contributed by atoms with Crippen LogP contribution in [0.1, 0.15) is 22.3 Å². The molecule has 0 spiro atoms. The second-order valence-electron chi connectivity index (χ2n) is 7.02. The smallest absolute Gasteiger partial charge is 0.161 e. The average Bonchev–Trinajstić information content (AvgIpc) is 2.77. The van der Waals surface area contributed by atoms with Crippen LogP contribution >= 0.6 is 0 Å². The summed E-state index contributed by atoms with van der Waals surface area (Å²) in [6.45, 7) is 0. The van der Waals surface area contributed by atoms with Crippen LogP contribution in [0.15, 0.2) is 107 Å². The van der Waals surface area contributed by atoms with E-state index in [0.29, 0.717) is 33.8 Å². The predicted octanol–water partition coefficient (Wildman–Crippen LogP) is 6.31. The number of halogens is 2. The third-order valence-corrected chi connectivity index (χ3v) is 6.62. The molecule has 0 saturated heterocycles. The molecule has 0 fully saturated rings. The minimum atomic E-state index is -1.48. The molecule has 4 rings (SSSR count). The van der Waals surface area contributed by atoms with E-state index in [1.807, 2.05) is 48.5 Å². The number of hydrogen-bond donors (Lipinski definition) is 0. The summed E-state index contributed by atoms with van der Waals surface area (Å²) in [6, 6.07) is 28.0. The molecule has 0 atom stereocenters. The van der Waals surface area contributed by atoms with Crippen LogP contribution in [-0.2, 0) is 24.0 Å². The summed E-state index contributed by atoms with van der Waals surface area (Å²) in [6.07, 6.45) is 0.703. The third kappa shape index (κ3) is 4.45. The highest BCUT2D eigenvalue weighted by molar-refractivity contribution is 7.91. The lowest BCUT2D eigenvalue weighted by Gasteiger charge is -2.17. The summed E-state index contributed by atoms with van der Waals surface area (Å²) in [4.78, 5) is 1.28. The average molecular weight is 419 g/mol. The van der Waals surface area contributed by atoms with Crippen molar-refractivity contribution in [2.24, 2.45) is 0 Å². The van der Waals surface area contributed by atoms with E-state index in [0.717, 1.165) is 11.1 Å². The Morgan fingerprint density at radius 2 is 0.833 bits per heavy atom. The summed E-state index contributed by atoms with van der Waals surface area (Å²) in [7, 11) is 0. The molecule has 0 aliphatic rings. The molecule has 0 bridgehead atoms. The fourth-order valence-electron chi connectivity index (χ4n) is 3.47. The zero-order chi connectivity index (χ0) is 20.9. The summed E-state index contributed by atoms with van der Waals surface area (Å²) in [5, 5.41) is 0. The standard InChI is InChI=1S/C26H20F2OS/c27-23-13-5-1-9-19(23)17-21-11-3-7-15-25(21)30(29)26-16-8-4-12-22(26)18-20-10-2-6-14-24(20)28/h1-16H,17-18H2. The summed E-state index contributed by atoms with van der Waals surface area (Å²) >= 11 is -1.48. The molecular weight excluding hydrogens is 398 g/mol. The van der Waals surface area contributed by atoms with Gasteiger partial charge >= 0.3 is 0 Å². The molecule has 4 heteroatoms. The first-order valence-electron chi connectivity index (χ1n) is 9.68. The van der Waals surface area contributed by atoms with Crippen LogP contribution in [-0.4, -0.2) is 4.55 Å². The Morgan fingerprint density at radius 3 is 1.23 bits per heavy atom. The van der Waals surface area contributed by atoms with Gasteiger partial charge in [-0.15, -0.1) is 0 Å². The Kier molecular flexibility index (Phi) is 6.26. The van der Waals surface area contributed by atoms with Crippen molar-refractivity contribution in [2.45, 2.75) is 22.6 Å². The molecule has 0 aliphatic carbocycles. The summed E-state index contributed by atoms with van der Waals surface area (Å²) < 4.78 is 41.9. The van der Waals surface area contributed by atoms with Crippen LogP contribution in [0.3, 0.4) is 0 Å². The third-order valence-electron chi connectivity index (χ3n) is 5.02. The van der Waals surface area contributed by atoms with Gasteiger partial charge in [-0.2, -0.15) is 0 Å². The zero-order valence-corrected chi connectivity index (χ0v) is 17.0. The van der Waals surface area contributed by atoms with Crippen molar-refractivity contribution < 1.29 is 13.3 Å². The first kappa shape index (κ1) is 20.3. The molecule has 0 aromatic heterocycles. The lowest BCUT2D eigenvalue weighted by atomic mass is 10.0. The molecule has 0 N–H and O–H groups in total. The van der Waals surface area contributed by atoms with E-state index in [1.54, 1.807) is 36.4 Å². The highest BCUT2D eigenvalue weighted by Crippen LogP contribution is 2.30. The van der Waals surface area contributed by atoms with Gasteiger partial charge in [0.1, 0.15) is 11.6 Å². The van der Waals surface area contributed by atoms with Crippen molar-refractivity contribution in [1.82, 2.24) is 0 Å². The molecule has 0 unspecified atom stereocenters. The molecule has 4 aromatic rings. The fraction of sp³-hybridized carbons (Fsp3) is 0.0769. The maximum atomic E-state index is 14.2. The topological polar surface area (TPSA) is 23.1 Å². The Hall–Kier alpha value is -2.95. The van der Waals surface area contributed by atoms with Crippen LogP contribution < -0.4 is 0 Å². The van der Waals surface area contributed by atoms with Crippen LogP contribution in [0.5, 0.6) is 0 Å².